The van der Waals surface area contributed by atoms with Crippen molar-refractivity contribution in [2.24, 2.45) is 0 Å². The lowest BCUT2D eigenvalue weighted by Crippen LogP contribution is -2.17. The first-order valence-corrected chi connectivity index (χ1v) is 8.65. The minimum absolute atomic E-state index is 0.107. The highest BCUT2D eigenvalue weighted by Gasteiger charge is 2.14. The Morgan fingerprint density at radius 1 is 1.21 bits per heavy atom. The summed E-state index contributed by atoms with van der Waals surface area (Å²) in [5.41, 5.74) is 0.774. The van der Waals surface area contributed by atoms with E-state index in [1.54, 1.807) is 0 Å². The Labute approximate surface area is 144 Å². The van der Waals surface area contributed by atoms with Gasteiger partial charge in [-0.2, -0.15) is 0 Å². The molecule has 1 amide bonds. The van der Waals surface area contributed by atoms with E-state index < -0.39 is 0 Å². The van der Waals surface area contributed by atoms with E-state index in [1.807, 2.05) is 56.3 Å². The quantitative estimate of drug-likeness (QED) is 0.550. The predicted molar refractivity (Wildman–Crippen MR) is 97.6 cm³/mol. The van der Waals surface area contributed by atoms with Crippen molar-refractivity contribution in [2.75, 3.05) is 16.9 Å². The Kier molecular flexibility index (Phi) is 4.71. The number of carbonyl (C=O) groups excluding carboxylic acids is 1. The van der Waals surface area contributed by atoms with E-state index in [0.29, 0.717) is 11.0 Å². The number of anilines is 1. The summed E-state index contributed by atoms with van der Waals surface area (Å²) in [5, 5.41) is 13.7. The molecule has 6 nitrogen and oxygen atoms in total. The molecule has 0 atom stereocenters. The molecule has 0 fully saturated rings. The smallest absolute Gasteiger partial charge is 0.234 e. The molecule has 1 heterocycles. The minimum atomic E-state index is -0.107. The molecular formula is C17H19N5OS. The number of amides is 1. The molecule has 124 valence electrons. The van der Waals surface area contributed by atoms with Crippen molar-refractivity contribution < 1.29 is 4.79 Å². The Morgan fingerprint density at radius 3 is 2.67 bits per heavy atom. The summed E-state index contributed by atoms with van der Waals surface area (Å²) in [7, 11) is 0. The topological polar surface area (TPSA) is 85.8 Å². The molecule has 0 aliphatic carbocycles. The highest BCUT2D eigenvalue weighted by atomic mass is 32.2. The Morgan fingerprint density at radius 2 is 1.96 bits per heavy atom. The molecule has 3 aromatic rings. The van der Waals surface area contributed by atoms with Crippen LogP contribution in [0.3, 0.4) is 0 Å². The number of hydrogen-bond donors (Lipinski definition) is 2. The van der Waals surface area contributed by atoms with E-state index in [4.69, 9.17) is 5.84 Å². The van der Waals surface area contributed by atoms with E-state index in [-0.39, 0.29) is 17.6 Å². The van der Waals surface area contributed by atoms with Gasteiger partial charge in [-0.25, -0.2) is 4.68 Å². The van der Waals surface area contributed by atoms with Gasteiger partial charge in [-0.05, 0) is 22.9 Å². The van der Waals surface area contributed by atoms with E-state index in [0.717, 1.165) is 16.5 Å². The molecule has 0 unspecified atom stereocenters. The fraction of sp³-hybridized carbons (Fsp3) is 0.235. The van der Waals surface area contributed by atoms with Gasteiger partial charge in [-0.3, -0.25) is 4.79 Å². The number of rotatable bonds is 5. The number of carbonyl (C=O) groups is 1. The summed E-state index contributed by atoms with van der Waals surface area (Å²) >= 11 is 1.27. The molecule has 0 radical (unpaired) electrons. The number of hydrogen-bond acceptors (Lipinski definition) is 5. The van der Waals surface area contributed by atoms with Crippen LogP contribution in [0.1, 0.15) is 25.6 Å². The van der Waals surface area contributed by atoms with Crippen molar-refractivity contribution in [3.8, 4) is 0 Å². The molecule has 2 aromatic carbocycles. The predicted octanol–water partition coefficient (Wildman–Crippen LogP) is 3.00. The molecule has 0 saturated heterocycles. The largest absolute Gasteiger partial charge is 0.336 e. The Bertz CT molecular complexity index is 874. The molecule has 0 aliphatic heterocycles. The average Bonchev–Trinajstić information content (AvgIpc) is 2.94. The second-order valence-corrected chi connectivity index (χ2v) is 6.71. The normalized spacial score (nSPS) is 11.1. The average molecular weight is 341 g/mol. The second kappa shape index (κ2) is 6.92. The maximum absolute atomic E-state index is 12.1. The van der Waals surface area contributed by atoms with Crippen molar-refractivity contribution in [3.63, 3.8) is 0 Å². The van der Waals surface area contributed by atoms with Gasteiger partial charge in [-0.15, -0.1) is 10.2 Å². The highest BCUT2D eigenvalue weighted by molar-refractivity contribution is 7.99. The van der Waals surface area contributed by atoms with E-state index >= 15 is 0 Å². The number of aromatic nitrogens is 3. The molecule has 1 aromatic heterocycles. The molecular weight excluding hydrogens is 322 g/mol. The molecule has 0 saturated carbocycles. The highest BCUT2D eigenvalue weighted by Crippen LogP contribution is 2.21. The van der Waals surface area contributed by atoms with Crippen LogP contribution in [-0.4, -0.2) is 26.5 Å². The van der Waals surface area contributed by atoms with Crippen molar-refractivity contribution in [1.82, 2.24) is 14.9 Å². The van der Waals surface area contributed by atoms with E-state index in [1.165, 1.54) is 16.4 Å². The van der Waals surface area contributed by atoms with Gasteiger partial charge in [0.25, 0.3) is 0 Å². The first-order chi connectivity index (χ1) is 11.5. The van der Waals surface area contributed by atoms with Gasteiger partial charge in [0.15, 0.2) is 5.82 Å². The summed E-state index contributed by atoms with van der Waals surface area (Å²) in [4.78, 5) is 12.1. The number of nitrogens with one attached hydrogen (secondary N) is 1. The van der Waals surface area contributed by atoms with E-state index in [2.05, 4.69) is 15.5 Å². The SMILES string of the molecule is CC(C)c1nnc(SCC(=O)Nc2ccc3ccccc3c2)n1N. The van der Waals surface area contributed by atoms with Crippen LogP contribution in [-0.2, 0) is 4.79 Å². The van der Waals surface area contributed by atoms with Crippen LogP contribution in [0.25, 0.3) is 10.8 Å². The summed E-state index contributed by atoms with van der Waals surface area (Å²) in [6.07, 6.45) is 0. The number of thioether (sulfide) groups is 1. The first-order valence-electron chi connectivity index (χ1n) is 7.66. The minimum Gasteiger partial charge on any atom is -0.336 e. The van der Waals surface area contributed by atoms with Crippen molar-refractivity contribution in [2.45, 2.75) is 24.9 Å². The molecule has 0 spiro atoms. The molecule has 0 aliphatic rings. The van der Waals surface area contributed by atoms with Gasteiger partial charge in [-0.1, -0.05) is 55.9 Å². The molecule has 3 N–H and O–H groups in total. The van der Waals surface area contributed by atoms with Gasteiger partial charge in [0.05, 0.1) is 5.75 Å². The van der Waals surface area contributed by atoms with Crippen molar-refractivity contribution in [3.05, 3.63) is 48.3 Å². The molecule has 7 heteroatoms. The van der Waals surface area contributed by atoms with E-state index in [9.17, 15) is 4.79 Å². The first kappa shape index (κ1) is 16.3. The monoisotopic (exact) mass is 341 g/mol. The summed E-state index contributed by atoms with van der Waals surface area (Å²) < 4.78 is 1.44. The van der Waals surface area contributed by atoms with Gasteiger partial charge < -0.3 is 11.2 Å². The number of nitrogens with two attached hydrogens (primary N) is 1. The van der Waals surface area contributed by atoms with Crippen LogP contribution < -0.4 is 11.2 Å². The maximum Gasteiger partial charge on any atom is 0.234 e. The third-order valence-corrected chi connectivity index (χ3v) is 4.52. The number of nitrogens with zero attached hydrogens (tertiary/aromatic N) is 3. The van der Waals surface area contributed by atoms with Gasteiger partial charge in [0.2, 0.25) is 11.1 Å². The van der Waals surface area contributed by atoms with Crippen molar-refractivity contribution in [1.29, 1.82) is 0 Å². The van der Waals surface area contributed by atoms with Gasteiger partial charge in [0.1, 0.15) is 0 Å². The van der Waals surface area contributed by atoms with Crippen LogP contribution in [0, 0.1) is 0 Å². The van der Waals surface area contributed by atoms with Crippen LogP contribution >= 0.6 is 11.8 Å². The standard InChI is InChI=1S/C17H19N5OS/c1-11(2)16-20-21-17(22(16)18)24-10-15(23)19-14-8-7-12-5-3-4-6-13(12)9-14/h3-9,11H,10,18H2,1-2H3,(H,19,23). The number of nitrogen functional groups attached to an aromatic ring is 1. The molecule has 0 bridgehead atoms. The lowest BCUT2D eigenvalue weighted by Gasteiger charge is -2.07. The molecule has 24 heavy (non-hydrogen) atoms. The van der Waals surface area contributed by atoms with Crippen LogP contribution in [0.5, 0.6) is 0 Å². The zero-order chi connectivity index (χ0) is 17.1. The molecule has 3 rings (SSSR count). The Balaban J connectivity index is 1.62. The summed E-state index contributed by atoms with van der Waals surface area (Å²) in [5.74, 6) is 6.94. The van der Waals surface area contributed by atoms with Crippen LogP contribution in [0.2, 0.25) is 0 Å². The zero-order valence-electron chi connectivity index (χ0n) is 13.6. The fourth-order valence-corrected chi connectivity index (χ4v) is 3.04. The number of fused-ring (bicyclic) bond motifs is 1. The maximum atomic E-state index is 12.1. The fourth-order valence-electron chi connectivity index (χ4n) is 2.37. The number of benzene rings is 2. The lowest BCUT2D eigenvalue weighted by molar-refractivity contribution is -0.113. The Hall–Kier alpha value is -2.54. The van der Waals surface area contributed by atoms with Crippen molar-refractivity contribution >= 4 is 34.1 Å². The second-order valence-electron chi connectivity index (χ2n) is 5.76. The summed E-state index contributed by atoms with van der Waals surface area (Å²) in [6, 6.07) is 13.9. The third-order valence-electron chi connectivity index (χ3n) is 3.57. The third kappa shape index (κ3) is 3.51. The lowest BCUT2D eigenvalue weighted by atomic mass is 10.1. The van der Waals surface area contributed by atoms with Gasteiger partial charge >= 0.3 is 0 Å². The van der Waals surface area contributed by atoms with Crippen LogP contribution in [0.15, 0.2) is 47.6 Å². The van der Waals surface area contributed by atoms with Gasteiger partial charge in [0, 0.05) is 11.6 Å². The van der Waals surface area contributed by atoms with Crippen LogP contribution in [0.4, 0.5) is 5.69 Å². The summed E-state index contributed by atoms with van der Waals surface area (Å²) in [6.45, 7) is 3.99. The zero-order valence-corrected chi connectivity index (χ0v) is 14.4.